The Morgan fingerprint density at radius 2 is 1.77 bits per heavy atom. The summed E-state index contributed by atoms with van der Waals surface area (Å²) in [5.74, 6) is 0.272. The lowest BCUT2D eigenvalue weighted by atomic mass is 9.81. The molecule has 1 aromatic carbocycles. The lowest BCUT2D eigenvalue weighted by Gasteiger charge is -2.35. The lowest BCUT2D eigenvalue weighted by Crippen LogP contribution is -2.34. The van der Waals surface area contributed by atoms with Gasteiger partial charge in [0, 0.05) is 25.1 Å². The van der Waals surface area contributed by atoms with Gasteiger partial charge in [0.05, 0.1) is 25.9 Å². The highest BCUT2D eigenvalue weighted by atomic mass is 16.7. The van der Waals surface area contributed by atoms with E-state index in [0.29, 0.717) is 12.5 Å². The fourth-order valence-corrected chi connectivity index (χ4v) is 3.35. The van der Waals surface area contributed by atoms with Crippen molar-refractivity contribution in [2.75, 3.05) is 31.7 Å². The summed E-state index contributed by atoms with van der Waals surface area (Å²) in [5, 5.41) is 21.3. The SMILES string of the molecule is OCC(O)CNc1ccc(C2CCC3(CC2)OCCO3)cc1. The predicted molar refractivity (Wildman–Crippen MR) is 83.9 cm³/mol. The van der Waals surface area contributed by atoms with Crippen LogP contribution >= 0.6 is 0 Å². The molecule has 1 aliphatic carbocycles. The zero-order chi connectivity index (χ0) is 15.4. The second-order valence-electron chi connectivity index (χ2n) is 6.22. The molecule has 1 saturated heterocycles. The quantitative estimate of drug-likeness (QED) is 0.774. The number of hydrogen-bond acceptors (Lipinski definition) is 5. The van der Waals surface area contributed by atoms with Gasteiger partial charge >= 0.3 is 0 Å². The Morgan fingerprint density at radius 3 is 2.36 bits per heavy atom. The highest BCUT2D eigenvalue weighted by molar-refractivity contribution is 5.45. The van der Waals surface area contributed by atoms with Crippen LogP contribution in [0.3, 0.4) is 0 Å². The zero-order valence-corrected chi connectivity index (χ0v) is 12.8. The first-order valence-corrected chi connectivity index (χ1v) is 8.11. The Balaban J connectivity index is 1.53. The molecular formula is C17H25NO4. The van der Waals surface area contributed by atoms with Crippen molar-refractivity contribution in [2.24, 2.45) is 0 Å². The highest BCUT2D eigenvalue weighted by Gasteiger charge is 2.40. The smallest absolute Gasteiger partial charge is 0.168 e. The third-order valence-corrected chi connectivity index (χ3v) is 4.70. The summed E-state index contributed by atoms with van der Waals surface area (Å²) in [6, 6.07) is 8.36. The molecule has 0 radical (unpaired) electrons. The summed E-state index contributed by atoms with van der Waals surface area (Å²) >= 11 is 0. The fraction of sp³-hybridized carbons (Fsp3) is 0.647. The molecule has 5 heteroatoms. The number of rotatable bonds is 5. The van der Waals surface area contributed by atoms with Crippen LogP contribution in [0.25, 0.3) is 0 Å². The van der Waals surface area contributed by atoms with E-state index in [-0.39, 0.29) is 12.4 Å². The van der Waals surface area contributed by atoms with Gasteiger partial charge in [0.2, 0.25) is 0 Å². The fourth-order valence-electron chi connectivity index (χ4n) is 3.35. The lowest BCUT2D eigenvalue weighted by molar-refractivity contribution is -0.178. The van der Waals surface area contributed by atoms with Crippen LogP contribution in [0.2, 0.25) is 0 Å². The van der Waals surface area contributed by atoms with E-state index in [1.165, 1.54) is 5.56 Å². The van der Waals surface area contributed by atoms with E-state index < -0.39 is 6.10 Å². The van der Waals surface area contributed by atoms with Crippen LogP contribution < -0.4 is 5.32 Å². The van der Waals surface area contributed by atoms with Crippen molar-refractivity contribution in [1.29, 1.82) is 0 Å². The van der Waals surface area contributed by atoms with Gasteiger partial charge < -0.3 is 25.0 Å². The molecule has 122 valence electrons. The van der Waals surface area contributed by atoms with E-state index in [9.17, 15) is 5.11 Å². The molecule has 1 heterocycles. The average Bonchev–Trinajstić information content (AvgIpc) is 3.02. The second kappa shape index (κ2) is 6.96. The molecule has 2 fully saturated rings. The van der Waals surface area contributed by atoms with Gasteiger partial charge in [0.1, 0.15) is 0 Å². The number of aliphatic hydroxyl groups is 2. The summed E-state index contributed by atoms with van der Waals surface area (Å²) < 4.78 is 11.5. The van der Waals surface area contributed by atoms with Gasteiger partial charge in [-0.25, -0.2) is 0 Å². The molecule has 1 atom stereocenters. The number of aliphatic hydroxyl groups excluding tert-OH is 2. The Morgan fingerprint density at radius 1 is 1.14 bits per heavy atom. The van der Waals surface area contributed by atoms with Crippen molar-refractivity contribution in [2.45, 2.75) is 43.5 Å². The summed E-state index contributed by atoms with van der Waals surface area (Å²) in [7, 11) is 0. The van der Waals surface area contributed by atoms with Crippen LogP contribution in [0.1, 0.15) is 37.2 Å². The van der Waals surface area contributed by atoms with Gasteiger partial charge in [0.25, 0.3) is 0 Å². The van der Waals surface area contributed by atoms with Crippen molar-refractivity contribution in [3.05, 3.63) is 29.8 Å². The number of benzene rings is 1. The van der Waals surface area contributed by atoms with E-state index in [1.54, 1.807) is 0 Å². The van der Waals surface area contributed by atoms with Crippen LogP contribution in [-0.2, 0) is 9.47 Å². The number of hydrogen-bond donors (Lipinski definition) is 3. The molecule has 2 aliphatic rings. The standard InChI is InChI=1S/C17H25NO4/c19-12-16(20)11-18-15-3-1-13(2-4-15)14-5-7-17(8-6-14)21-9-10-22-17/h1-4,14,16,18-20H,5-12H2. The van der Waals surface area contributed by atoms with Gasteiger partial charge in [-0.1, -0.05) is 12.1 Å². The molecular weight excluding hydrogens is 282 g/mol. The van der Waals surface area contributed by atoms with Crippen LogP contribution in [-0.4, -0.2) is 48.5 Å². The largest absolute Gasteiger partial charge is 0.394 e. The minimum atomic E-state index is -0.722. The Kier molecular flexibility index (Phi) is 4.98. The van der Waals surface area contributed by atoms with Gasteiger partial charge in [-0.15, -0.1) is 0 Å². The van der Waals surface area contributed by atoms with Crippen molar-refractivity contribution >= 4 is 5.69 Å². The second-order valence-corrected chi connectivity index (χ2v) is 6.22. The molecule has 3 N–H and O–H groups in total. The normalized spacial score (nSPS) is 22.8. The van der Waals surface area contributed by atoms with E-state index >= 15 is 0 Å². The molecule has 1 unspecified atom stereocenters. The van der Waals surface area contributed by atoms with Gasteiger partial charge in [-0.05, 0) is 36.5 Å². The molecule has 1 saturated carbocycles. The van der Waals surface area contributed by atoms with E-state index in [1.807, 2.05) is 12.1 Å². The van der Waals surface area contributed by atoms with Crippen molar-refractivity contribution < 1.29 is 19.7 Å². The first-order chi connectivity index (χ1) is 10.7. The van der Waals surface area contributed by atoms with Crippen LogP contribution in [0.4, 0.5) is 5.69 Å². The molecule has 5 nitrogen and oxygen atoms in total. The first-order valence-electron chi connectivity index (χ1n) is 8.11. The summed E-state index contributed by atoms with van der Waals surface area (Å²) in [4.78, 5) is 0. The van der Waals surface area contributed by atoms with Crippen molar-refractivity contribution in [3.63, 3.8) is 0 Å². The van der Waals surface area contributed by atoms with Crippen molar-refractivity contribution in [1.82, 2.24) is 0 Å². The Labute approximate surface area is 131 Å². The third-order valence-electron chi connectivity index (χ3n) is 4.70. The monoisotopic (exact) mass is 307 g/mol. The third kappa shape index (κ3) is 3.60. The van der Waals surface area contributed by atoms with Gasteiger partial charge in [-0.2, -0.15) is 0 Å². The molecule has 0 bridgehead atoms. The highest BCUT2D eigenvalue weighted by Crippen LogP contribution is 2.42. The maximum Gasteiger partial charge on any atom is 0.168 e. The van der Waals surface area contributed by atoms with Crippen LogP contribution in [0, 0.1) is 0 Å². The average molecular weight is 307 g/mol. The Bertz CT molecular complexity index is 460. The number of nitrogens with one attached hydrogen (secondary N) is 1. The molecule has 1 aliphatic heterocycles. The van der Waals surface area contributed by atoms with Gasteiger partial charge in [-0.3, -0.25) is 0 Å². The summed E-state index contributed by atoms with van der Waals surface area (Å²) in [5.41, 5.74) is 2.31. The topological polar surface area (TPSA) is 71.0 Å². The molecule has 1 spiro atoms. The maximum atomic E-state index is 9.34. The molecule has 0 aromatic heterocycles. The van der Waals surface area contributed by atoms with Gasteiger partial charge in [0.15, 0.2) is 5.79 Å². The van der Waals surface area contributed by atoms with E-state index in [4.69, 9.17) is 14.6 Å². The summed E-state index contributed by atoms with van der Waals surface area (Å²) in [6.45, 7) is 1.59. The number of ether oxygens (including phenoxy) is 2. The Hall–Kier alpha value is -1.14. The minimum absolute atomic E-state index is 0.223. The maximum absolute atomic E-state index is 9.34. The molecule has 1 aromatic rings. The summed E-state index contributed by atoms with van der Waals surface area (Å²) in [6.07, 6.45) is 3.41. The van der Waals surface area contributed by atoms with Crippen LogP contribution in [0.15, 0.2) is 24.3 Å². The predicted octanol–water partition coefficient (Wildman–Crippen LogP) is 1.85. The van der Waals surface area contributed by atoms with Crippen LogP contribution in [0.5, 0.6) is 0 Å². The molecule has 3 rings (SSSR count). The zero-order valence-electron chi connectivity index (χ0n) is 12.8. The van der Waals surface area contributed by atoms with E-state index in [0.717, 1.165) is 44.6 Å². The van der Waals surface area contributed by atoms with Crippen molar-refractivity contribution in [3.8, 4) is 0 Å². The first kappa shape index (κ1) is 15.7. The minimum Gasteiger partial charge on any atom is -0.394 e. The molecule has 22 heavy (non-hydrogen) atoms. The van der Waals surface area contributed by atoms with E-state index in [2.05, 4.69) is 17.4 Å². The number of anilines is 1. The molecule has 0 amide bonds.